The van der Waals surface area contributed by atoms with E-state index in [0.29, 0.717) is 12.0 Å². The molecule has 0 fully saturated rings. The number of benzene rings is 1. The highest BCUT2D eigenvalue weighted by Crippen LogP contribution is 2.19. The van der Waals surface area contributed by atoms with Gasteiger partial charge in [0.25, 0.3) is 5.56 Å². The molecule has 33 heavy (non-hydrogen) atoms. The Balaban J connectivity index is 2.34. The maximum atomic E-state index is 12.6. The third-order valence-corrected chi connectivity index (χ3v) is 4.52. The Kier molecular flexibility index (Phi) is 8.65. The summed E-state index contributed by atoms with van der Waals surface area (Å²) in [4.78, 5) is 52.2. The first-order valence-corrected chi connectivity index (χ1v) is 10.1. The van der Waals surface area contributed by atoms with E-state index in [-0.39, 0.29) is 24.6 Å². The van der Waals surface area contributed by atoms with E-state index in [9.17, 15) is 32.3 Å². The van der Waals surface area contributed by atoms with E-state index < -0.39 is 42.5 Å². The van der Waals surface area contributed by atoms with Gasteiger partial charge in [0.15, 0.2) is 0 Å². The van der Waals surface area contributed by atoms with Gasteiger partial charge in [-0.25, -0.2) is 9.59 Å². The first-order chi connectivity index (χ1) is 15.5. The number of nitrogens with two attached hydrogens (primary N) is 1. The zero-order valence-electron chi connectivity index (χ0n) is 17.9. The van der Waals surface area contributed by atoms with Crippen LogP contribution in [0.15, 0.2) is 39.9 Å². The smallest absolute Gasteiger partial charge is 0.383 e. The van der Waals surface area contributed by atoms with Crippen molar-refractivity contribution in [3.63, 3.8) is 0 Å². The minimum Gasteiger partial charge on any atom is -0.383 e. The minimum atomic E-state index is -4.65. The summed E-state index contributed by atoms with van der Waals surface area (Å²) in [5.41, 5.74) is 5.09. The molecule has 5 N–H and O–H groups in total. The van der Waals surface area contributed by atoms with Crippen molar-refractivity contribution in [3.8, 4) is 0 Å². The van der Waals surface area contributed by atoms with E-state index in [4.69, 9.17) is 5.73 Å². The van der Waals surface area contributed by atoms with Crippen molar-refractivity contribution in [2.75, 3.05) is 23.7 Å². The van der Waals surface area contributed by atoms with E-state index in [1.807, 2.05) is 6.92 Å². The average molecular weight is 470 g/mol. The molecular weight excluding hydrogens is 445 g/mol. The fourth-order valence-corrected chi connectivity index (χ4v) is 3.00. The number of aromatic nitrogens is 2. The van der Waals surface area contributed by atoms with Crippen LogP contribution in [-0.2, 0) is 17.9 Å². The maximum Gasteiger partial charge on any atom is 0.405 e. The molecule has 180 valence electrons. The number of aromatic amines is 1. The lowest BCUT2D eigenvalue weighted by atomic mass is 10.2. The summed E-state index contributed by atoms with van der Waals surface area (Å²) in [6.07, 6.45) is -3.29. The summed E-state index contributed by atoms with van der Waals surface area (Å²) in [6.45, 7) is -0.0694. The van der Waals surface area contributed by atoms with Crippen LogP contribution in [0.4, 0.5) is 29.5 Å². The van der Waals surface area contributed by atoms with Gasteiger partial charge in [0.2, 0.25) is 5.91 Å². The highest BCUT2D eigenvalue weighted by Gasteiger charge is 2.28. The van der Waals surface area contributed by atoms with Gasteiger partial charge in [-0.1, -0.05) is 43.7 Å². The Morgan fingerprint density at radius 1 is 1.18 bits per heavy atom. The van der Waals surface area contributed by atoms with Crippen LogP contribution in [0.3, 0.4) is 0 Å². The van der Waals surface area contributed by atoms with Gasteiger partial charge in [0.05, 0.1) is 6.54 Å². The van der Waals surface area contributed by atoms with E-state index in [1.165, 1.54) is 14.8 Å². The van der Waals surface area contributed by atoms with Crippen LogP contribution in [0.5, 0.6) is 0 Å². The molecule has 0 aliphatic heterocycles. The van der Waals surface area contributed by atoms with Crippen LogP contribution in [0.25, 0.3) is 0 Å². The van der Waals surface area contributed by atoms with E-state index in [0.717, 1.165) is 6.42 Å². The zero-order chi connectivity index (χ0) is 24.6. The topological polar surface area (TPSA) is 142 Å². The predicted octanol–water partition coefficient (Wildman–Crippen LogP) is 1.31. The van der Waals surface area contributed by atoms with Crippen molar-refractivity contribution in [2.24, 2.45) is 0 Å². The Morgan fingerprint density at radius 3 is 2.45 bits per heavy atom. The number of anilines is 2. The fraction of sp³-hybridized carbons (Fsp3) is 0.400. The molecule has 0 saturated carbocycles. The van der Waals surface area contributed by atoms with Crippen molar-refractivity contribution in [3.05, 3.63) is 56.7 Å². The first-order valence-electron chi connectivity index (χ1n) is 10.1. The van der Waals surface area contributed by atoms with Gasteiger partial charge < -0.3 is 16.0 Å². The number of carbonyl (C=O) groups excluding carboxylic acids is 2. The average Bonchev–Trinajstić information content (AvgIpc) is 2.72. The number of imide groups is 1. The standard InChI is InChI=1S/C20H25F3N6O4/c1-2-3-9-29-16(24)15(17(31)27-19(29)33)28(10-13-7-5-4-6-8-13)11-14(30)26-18(32)25-12-20(21,22)23/h4-8H,2-3,9-12,24H2,1H3,(H,27,31,33)(H2,25,26,30,32). The van der Waals surface area contributed by atoms with Gasteiger partial charge in [-0.05, 0) is 12.0 Å². The Labute approximate surface area is 186 Å². The van der Waals surface area contributed by atoms with Crippen LogP contribution in [0, 0.1) is 0 Å². The zero-order valence-corrected chi connectivity index (χ0v) is 17.9. The molecule has 0 unspecified atom stereocenters. The van der Waals surface area contributed by atoms with E-state index >= 15 is 0 Å². The maximum absolute atomic E-state index is 12.6. The molecule has 0 aliphatic carbocycles. The molecule has 1 heterocycles. The highest BCUT2D eigenvalue weighted by molar-refractivity contribution is 5.96. The van der Waals surface area contributed by atoms with Crippen LogP contribution >= 0.6 is 0 Å². The summed E-state index contributed by atoms with van der Waals surface area (Å²) >= 11 is 0. The van der Waals surface area contributed by atoms with Gasteiger partial charge >= 0.3 is 17.9 Å². The number of rotatable bonds is 9. The second-order valence-corrected chi connectivity index (χ2v) is 7.19. The molecular formula is C20H25F3N6O4. The van der Waals surface area contributed by atoms with Crippen LogP contribution in [0.2, 0.25) is 0 Å². The summed E-state index contributed by atoms with van der Waals surface area (Å²) in [6, 6.07) is 7.32. The van der Waals surface area contributed by atoms with E-state index in [2.05, 4.69) is 4.98 Å². The number of hydrogen-bond acceptors (Lipinski definition) is 6. The number of hydrogen-bond donors (Lipinski definition) is 4. The quantitative estimate of drug-likeness (QED) is 0.435. The lowest BCUT2D eigenvalue weighted by Gasteiger charge is -2.25. The normalized spacial score (nSPS) is 11.2. The molecule has 2 aromatic rings. The first kappa shape index (κ1) is 25.5. The molecule has 0 radical (unpaired) electrons. The van der Waals surface area contributed by atoms with Crippen LogP contribution < -0.4 is 32.5 Å². The van der Waals surface area contributed by atoms with Crippen molar-refractivity contribution in [2.45, 2.75) is 39.0 Å². The molecule has 2 rings (SSSR count). The summed E-state index contributed by atoms with van der Waals surface area (Å²) in [5.74, 6) is -1.14. The second-order valence-electron chi connectivity index (χ2n) is 7.19. The number of alkyl halides is 3. The second kappa shape index (κ2) is 11.2. The summed E-state index contributed by atoms with van der Waals surface area (Å²) in [7, 11) is 0. The lowest BCUT2D eigenvalue weighted by Crippen LogP contribution is -2.48. The largest absolute Gasteiger partial charge is 0.405 e. The van der Waals surface area contributed by atoms with Crippen molar-refractivity contribution in [1.29, 1.82) is 0 Å². The van der Waals surface area contributed by atoms with Crippen molar-refractivity contribution < 1.29 is 22.8 Å². The predicted molar refractivity (Wildman–Crippen MR) is 116 cm³/mol. The molecule has 0 saturated heterocycles. The molecule has 13 heteroatoms. The SMILES string of the molecule is CCCCn1c(N)c(N(CC(=O)NC(=O)NCC(F)(F)F)Cc2ccccc2)c(=O)[nH]c1=O. The van der Waals surface area contributed by atoms with Gasteiger partial charge in [0.1, 0.15) is 18.1 Å². The highest BCUT2D eigenvalue weighted by atomic mass is 19.4. The summed E-state index contributed by atoms with van der Waals surface area (Å²) in [5, 5.41) is 3.31. The number of amides is 3. The third-order valence-electron chi connectivity index (χ3n) is 4.52. The number of H-pyrrole nitrogens is 1. The fourth-order valence-electron chi connectivity index (χ4n) is 3.00. The Morgan fingerprint density at radius 2 is 1.85 bits per heavy atom. The van der Waals surface area contributed by atoms with Crippen LogP contribution in [0.1, 0.15) is 25.3 Å². The van der Waals surface area contributed by atoms with Crippen molar-refractivity contribution in [1.82, 2.24) is 20.2 Å². The number of urea groups is 1. The number of halogens is 3. The molecule has 10 nitrogen and oxygen atoms in total. The monoisotopic (exact) mass is 470 g/mol. The van der Waals surface area contributed by atoms with Gasteiger partial charge in [-0.2, -0.15) is 13.2 Å². The molecule has 0 atom stereocenters. The Bertz CT molecular complexity index is 1080. The van der Waals surface area contributed by atoms with Crippen LogP contribution in [-0.4, -0.2) is 40.8 Å². The number of carbonyl (C=O) groups is 2. The number of nitrogen functional groups attached to an aromatic ring is 1. The van der Waals surface area contributed by atoms with E-state index in [1.54, 1.807) is 35.6 Å². The number of nitrogens with one attached hydrogen (secondary N) is 3. The molecule has 3 amide bonds. The molecule has 1 aromatic heterocycles. The van der Waals surface area contributed by atoms with Gasteiger partial charge in [0, 0.05) is 13.1 Å². The number of nitrogens with zero attached hydrogens (tertiary/aromatic N) is 2. The third kappa shape index (κ3) is 7.70. The number of unbranched alkanes of at least 4 members (excludes halogenated alkanes) is 1. The minimum absolute atomic E-state index is 0.00229. The molecule has 0 aliphatic rings. The van der Waals surface area contributed by atoms with Gasteiger partial charge in [-0.15, -0.1) is 0 Å². The van der Waals surface area contributed by atoms with Gasteiger partial charge in [-0.3, -0.25) is 24.5 Å². The Hall–Kier alpha value is -3.77. The molecule has 0 bridgehead atoms. The lowest BCUT2D eigenvalue weighted by molar-refractivity contribution is -0.124. The molecule has 0 spiro atoms. The summed E-state index contributed by atoms with van der Waals surface area (Å²) < 4.78 is 38.0. The molecule has 1 aromatic carbocycles. The van der Waals surface area contributed by atoms with Crippen molar-refractivity contribution >= 4 is 23.4 Å².